The number of aryl methyl sites for hydroxylation is 1. The summed E-state index contributed by atoms with van der Waals surface area (Å²) >= 11 is 0. The van der Waals surface area contributed by atoms with Crippen molar-refractivity contribution >= 4 is 0 Å². The number of aromatic nitrogens is 2. The lowest BCUT2D eigenvalue weighted by Gasteiger charge is -2.16. The highest BCUT2D eigenvalue weighted by Crippen LogP contribution is 2.32. The van der Waals surface area contributed by atoms with Crippen molar-refractivity contribution in [2.24, 2.45) is 5.92 Å². The molecule has 0 bridgehead atoms. The van der Waals surface area contributed by atoms with Crippen molar-refractivity contribution in [2.75, 3.05) is 7.05 Å². The van der Waals surface area contributed by atoms with Crippen molar-refractivity contribution in [2.45, 2.75) is 51.0 Å². The quantitative estimate of drug-likeness (QED) is 0.812. The van der Waals surface area contributed by atoms with Crippen molar-refractivity contribution in [1.82, 2.24) is 15.3 Å². The molecule has 1 aromatic rings. The molecule has 1 atom stereocenters. The zero-order valence-electron chi connectivity index (χ0n) is 10.6. The Morgan fingerprint density at radius 2 is 2.18 bits per heavy atom. The summed E-state index contributed by atoms with van der Waals surface area (Å²) in [5.74, 6) is 1.95. The first-order chi connectivity index (χ1) is 8.36. The first kappa shape index (κ1) is 11.1. The fourth-order valence-corrected chi connectivity index (χ4v) is 2.73. The van der Waals surface area contributed by atoms with Gasteiger partial charge >= 0.3 is 0 Å². The fraction of sp³-hybridized carbons (Fsp3) is 0.714. The van der Waals surface area contributed by atoms with E-state index in [2.05, 4.69) is 16.5 Å². The summed E-state index contributed by atoms with van der Waals surface area (Å²) in [6, 6.07) is 0.461. The molecule has 3 rings (SSSR count). The second-order valence-corrected chi connectivity index (χ2v) is 5.42. The molecule has 0 radical (unpaired) electrons. The zero-order chi connectivity index (χ0) is 11.7. The summed E-state index contributed by atoms with van der Waals surface area (Å²) in [4.78, 5) is 9.36. The highest BCUT2D eigenvalue weighted by Gasteiger charge is 2.24. The summed E-state index contributed by atoms with van der Waals surface area (Å²) in [7, 11) is 2.04. The van der Waals surface area contributed by atoms with Gasteiger partial charge < -0.3 is 5.32 Å². The van der Waals surface area contributed by atoms with Crippen LogP contribution in [0.4, 0.5) is 0 Å². The van der Waals surface area contributed by atoms with Crippen molar-refractivity contribution in [3.8, 4) is 0 Å². The maximum absolute atomic E-state index is 4.80. The lowest BCUT2D eigenvalue weighted by atomic mass is 10.1. The summed E-state index contributed by atoms with van der Waals surface area (Å²) in [5, 5.41) is 3.39. The average molecular weight is 231 g/mol. The number of hydrogen-bond acceptors (Lipinski definition) is 3. The van der Waals surface area contributed by atoms with Crippen LogP contribution in [0.25, 0.3) is 0 Å². The molecule has 3 heteroatoms. The van der Waals surface area contributed by atoms with Crippen LogP contribution < -0.4 is 5.32 Å². The summed E-state index contributed by atoms with van der Waals surface area (Å²) in [5.41, 5.74) is 2.64. The number of nitrogens with one attached hydrogen (secondary N) is 1. The number of fused-ring (bicyclic) bond motifs is 1. The predicted molar refractivity (Wildman–Crippen MR) is 67.8 cm³/mol. The van der Waals surface area contributed by atoms with Crippen LogP contribution in [0.1, 0.15) is 55.2 Å². The molecule has 17 heavy (non-hydrogen) atoms. The molecule has 1 saturated carbocycles. The van der Waals surface area contributed by atoms with E-state index in [1.807, 2.05) is 7.05 Å². The third-order valence-corrected chi connectivity index (χ3v) is 4.00. The van der Waals surface area contributed by atoms with Crippen molar-refractivity contribution in [3.63, 3.8) is 0 Å². The zero-order valence-corrected chi connectivity index (χ0v) is 10.6. The Hall–Kier alpha value is -0.960. The minimum atomic E-state index is 0.461. The molecule has 1 fully saturated rings. The Labute approximate surface area is 103 Å². The van der Waals surface area contributed by atoms with Gasteiger partial charge in [-0.1, -0.05) is 6.42 Å². The average Bonchev–Trinajstić information content (AvgIpc) is 3.15. The van der Waals surface area contributed by atoms with Crippen LogP contribution in [0.3, 0.4) is 0 Å². The van der Waals surface area contributed by atoms with Crippen LogP contribution in [0, 0.1) is 5.92 Å². The molecule has 0 aliphatic heterocycles. The standard InChI is InChI=1S/C14H21N3/c1-15-12-4-2-3-5-13-11(12)9-16-14(17-13)8-10-6-7-10/h9-10,12,15H,2-8H2,1H3. The van der Waals surface area contributed by atoms with Crippen LogP contribution in [0.15, 0.2) is 6.20 Å². The second kappa shape index (κ2) is 4.73. The van der Waals surface area contributed by atoms with E-state index < -0.39 is 0 Å². The highest BCUT2D eigenvalue weighted by atomic mass is 14.9. The lowest BCUT2D eigenvalue weighted by Crippen LogP contribution is -2.18. The molecule has 92 valence electrons. The SMILES string of the molecule is CNC1CCCCc2nc(CC3CC3)ncc21. The Balaban J connectivity index is 1.86. The second-order valence-electron chi connectivity index (χ2n) is 5.42. The van der Waals surface area contributed by atoms with Gasteiger partial charge in [-0.15, -0.1) is 0 Å². The van der Waals surface area contributed by atoms with Gasteiger partial charge in [0, 0.05) is 29.9 Å². The monoisotopic (exact) mass is 231 g/mol. The molecular weight excluding hydrogens is 210 g/mol. The summed E-state index contributed by atoms with van der Waals surface area (Å²) < 4.78 is 0. The maximum atomic E-state index is 4.80. The topological polar surface area (TPSA) is 37.8 Å². The van der Waals surface area contributed by atoms with Crippen molar-refractivity contribution in [3.05, 3.63) is 23.3 Å². The smallest absolute Gasteiger partial charge is 0.128 e. The first-order valence-electron chi connectivity index (χ1n) is 6.89. The van der Waals surface area contributed by atoms with Gasteiger partial charge in [0.2, 0.25) is 0 Å². The molecule has 1 N–H and O–H groups in total. The van der Waals surface area contributed by atoms with E-state index in [1.165, 1.54) is 43.4 Å². The van der Waals surface area contributed by atoms with E-state index in [0.29, 0.717) is 6.04 Å². The molecule has 1 unspecified atom stereocenters. The van der Waals surface area contributed by atoms with Crippen LogP contribution in [-0.2, 0) is 12.8 Å². The van der Waals surface area contributed by atoms with Crippen molar-refractivity contribution < 1.29 is 0 Å². The van der Waals surface area contributed by atoms with E-state index in [1.54, 1.807) is 0 Å². The highest BCUT2D eigenvalue weighted by molar-refractivity contribution is 5.23. The number of hydrogen-bond donors (Lipinski definition) is 1. The summed E-state index contributed by atoms with van der Waals surface area (Å²) in [6.45, 7) is 0. The van der Waals surface area contributed by atoms with Crippen LogP contribution in [0.2, 0.25) is 0 Å². The fourth-order valence-electron chi connectivity index (χ4n) is 2.73. The lowest BCUT2D eigenvalue weighted by molar-refractivity contribution is 0.531. The molecule has 2 aliphatic carbocycles. The molecule has 0 amide bonds. The molecule has 3 nitrogen and oxygen atoms in total. The maximum Gasteiger partial charge on any atom is 0.128 e. The first-order valence-corrected chi connectivity index (χ1v) is 6.89. The van der Waals surface area contributed by atoms with E-state index in [-0.39, 0.29) is 0 Å². The third-order valence-electron chi connectivity index (χ3n) is 4.00. The van der Waals surface area contributed by atoms with Crippen LogP contribution >= 0.6 is 0 Å². The third kappa shape index (κ3) is 2.49. The minimum absolute atomic E-state index is 0.461. The van der Waals surface area contributed by atoms with E-state index in [9.17, 15) is 0 Å². The Morgan fingerprint density at radius 3 is 2.94 bits per heavy atom. The number of nitrogens with zero attached hydrogens (tertiary/aromatic N) is 2. The molecule has 1 aromatic heterocycles. The van der Waals surface area contributed by atoms with Gasteiger partial charge in [-0.3, -0.25) is 0 Å². The molecule has 1 heterocycles. The molecular formula is C14H21N3. The van der Waals surface area contributed by atoms with Gasteiger partial charge in [0.1, 0.15) is 5.82 Å². The predicted octanol–water partition coefficient (Wildman–Crippen LogP) is 2.42. The minimum Gasteiger partial charge on any atom is -0.313 e. The van der Waals surface area contributed by atoms with E-state index in [0.717, 1.165) is 24.6 Å². The van der Waals surface area contributed by atoms with Crippen LogP contribution in [-0.4, -0.2) is 17.0 Å². The summed E-state index contributed by atoms with van der Waals surface area (Å²) in [6.07, 6.45) is 10.8. The van der Waals surface area contributed by atoms with E-state index in [4.69, 9.17) is 4.98 Å². The Morgan fingerprint density at radius 1 is 1.29 bits per heavy atom. The van der Waals surface area contributed by atoms with Gasteiger partial charge in [-0.05, 0) is 45.1 Å². The van der Waals surface area contributed by atoms with Crippen LogP contribution in [0.5, 0.6) is 0 Å². The van der Waals surface area contributed by atoms with E-state index >= 15 is 0 Å². The molecule has 0 saturated heterocycles. The molecule has 2 aliphatic rings. The van der Waals surface area contributed by atoms with Gasteiger partial charge in [0.25, 0.3) is 0 Å². The molecule has 0 spiro atoms. The van der Waals surface area contributed by atoms with Gasteiger partial charge in [-0.2, -0.15) is 0 Å². The Kier molecular flexibility index (Phi) is 3.10. The molecule has 0 aromatic carbocycles. The van der Waals surface area contributed by atoms with Gasteiger partial charge in [0.15, 0.2) is 0 Å². The Bertz CT molecular complexity index is 398. The van der Waals surface area contributed by atoms with Crippen molar-refractivity contribution in [1.29, 1.82) is 0 Å². The number of rotatable bonds is 3. The van der Waals surface area contributed by atoms with Gasteiger partial charge in [0.05, 0.1) is 0 Å². The largest absolute Gasteiger partial charge is 0.313 e. The van der Waals surface area contributed by atoms with Gasteiger partial charge in [-0.25, -0.2) is 9.97 Å². The normalized spacial score (nSPS) is 24.2.